The second kappa shape index (κ2) is 6.43. The van der Waals surface area contributed by atoms with Gasteiger partial charge in [-0.05, 0) is 24.7 Å². The minimum absolute atomic E-state index is 0.0833. The average molecular weight is 294 g/mol. The van der Waals surface area contributed by atoms with Crippen molar-refractivity contribution in [2.24, 2.45) is 5.41 Å². The van der Waals surface area contributed by atoms with Crippen molar-refractivity contribution in [2.75, 3.05) is 35.6 Å². The summed E-state index contributed by atoms with van der Waals surface area (Å²) >= 11 is 0. The molecule has 0 aliphatic carbocycles. The van der Waals surface area contributed by atoms with E-state index >= 15 is 0 Å². The third-order valence-corrected chi connectivity index (χ3v) is 3.37. The molecule has 0 saturated carbocycles. The lowest BCUT2D eigenvalue weighted by Gasteiger charge is -2.22. The number of hydrogen-bond donors (Lipinski definition) is 3. The molecular weight excluding hydrogens is 268 g/mol. The molecule has 7 heteroatoms. The molecule has 1 aromatic heterocycles. The number of hydrogen-bond acceptors (Lipinski definition) is 7. The number of nitrogens with two attached hydrogens (primary N) is 1. The number of nitrogen functional groups attached to an aromatic ring is 1. The summed E-state index contributed by atoms with van der Waals surface area (Å²) < 4.78 is 0. The van der Waals surface area contributed by atoms with Crippen LogP contribution in [0.3, 0.4) is 0 Å². The molecule has 1 atom stereocenters. The molecule has 4 N–H and O–H groups in total. The molecule has 0 aromatic carbocycles. The van der Waals surface area contributed by atoms with Crippen LogP contribution < -0.4 is 16.0 Å². The number of nitrogens with zero attached hydrogens (tertiary/aromatic N) is 4. The van der Waals surface area contributed by atoms with Gasteiger partial charge in [0.05, 0.1) is 6.10 Å². The number of rotatable bonds is 5. The van der Waals surface area contributed by atoms with Crippen molar-refractivity contribution in [2.45, 2.75) is 46.1 Å². The van der Waals surface area contributed by atoms with E-state index in [1.165, 1.54) is 0 Å². The predicted octanol–water partition coefficient (Wildman–Crippen LogP) is 1.26. The van der Waals surface area contributed by atoms with Crippen LogP contribution in [0.2, 0.25) is 0 Å². The minimum atomic E-state index is -0.446. The van der Waals surface area contributed by atoms with E-state index in [0.717, 1.165) is 25.9 Å². The highest BCUT2D eigenvalue weighted by molar-refractivity contribution is 5.42. The van der Waals surface area contributed by atoms with Gasteiger partial charge in [-0.25, -0.2) is 0 Å². The molecule has 1 aliphatic heterocycles. The van der Waals surface area contributed by atoms with Gasteiger partial charge in [0.1, 0.15) is 0 Å². The Balaban J connectivity index is 1.96. The molecule has 1 fully saturated rings. The fourth-order valence-electron chi connectivity index (χ4n) is 2.51. The monoisotopic (exact) mass is 294 g/mol. The van der Waals surface area contributed by atoms with Crippen molar-refractivity contribution in [3.63, 3.8) is 0 Å². The number of aliphatic hydroxyl groups excluding tert-OH is 1. The smallest absolute Gasteiger partial charge is 0.231 e. The van der Waals surface area contributed by atoms with Gasteiger partial charge >= 0.3 is 0 Å². The highest BCUT2D eigenvalue weighted by Gasteiger charge is 2.19. The van der Waals surface area contributed by atoms with Crippen molar-refractivity contribution in [1.29, 1.82) is 0 Å². The average Bonchev–Trinajstić information content (AvgIpc) is 2.87. The molecule has 1 saturated heterocycles. The van der Waals surface area contributed by atoms with E-state index in [1.54, 1.807) is 0 Å². The molecule has 1 unspecified atom stereocenters. The topological polar surface area (TPSA) is 100 Å². The molecule has 0 radical (unpaired) electrons. The van der Waals surface area contributed by atoms with Crippen LogP contribution >= 0.6 is 0 Å². The second-order valence-electron chi connectivity index (χ2n) is 6.81. The van der Waals surface area contributed by atoms with Crippen LogP contribution in [0.15, 0.2) is 0 Å². The number of aliphatic hydroxyl groups is 1. The van der Waals surface area contributed by atoms with Crippen molar-refractivity contribution < 1.29 is 5.11 Å². The van der Waals surface area contributed by atoms with Crippen LogP contribution in [-0.4, -0.2) is 45.8 Å². The Kier molecular flexibility index (Phi) is 4.82. The first kappa shape index (κ1) is 15.8. The summed E-state index contributed by atoms with van der Waals surface area (Å²) in [7, 11) is 0. The van der Waals surface area contributed by atoms with Crippen molar-refractivity contribution in [1.82, 2.24) is 15.0 Å². The Bertz CT molecular complexity index is 467. The Morgan fingerprint density at radius 3 is 2.52 bits per heavy atom. The van der Waals surface area contributed by atoms with E-state index in [9.17, 15) is 5.11 Å². The lowest BCUT2D eigenvalue weighted by molar-refractivity contribution is 0.132. The van der Waals surface area contributed by atoms with Crippen LogP contribution in [0, 0.1) is 5.41 Å². The summed E-state index contributed by atoms with van der Waals surface area (Å²) in [6, 6.07) is 0. The quantitative estimate of drug-likeness (QED) is 0.751. The third kappa shape index (κ3) is 5.00. The summed E-state index contributed by atoms with van der Waals surface area (Å²) in [6.07, 6.45) is 2.56. The van der Waals surface area contributed by atoms with Crippen molar-refractivity contribution in [3.05, 3.63) is 0 Å². The Hall–Kier alpha value is -1.63. The van der Waals surface area contributed by atoms with Crippen LogP contribution in [0.25, 0.3) is 0 Å². The summed E-state index contributed by atoms with van der Waals surface area (Å²) in [5.41, 5.74) is 5.83. The highest BCUT2D eigenvalue weighted by atomic mass is 16.3. The number of aromatic nitrogens is 3. The van der Waals surface area contributed by atoms with E-state index in [4.69, 9.17) is 5.73 Å². The maximum absolute atomic E-state index is 10.0. The molecule has 118 valence electrons. The van der Waals surface area contributed by atoms with Crippen LogP contribution in [0.1, 0.15) is 40.0 Å². The van der Waals surface area contributed by atoms with E-state index in [1.807, 2.05) is 0 Å². The van der Waals surface area contributed by atoms with Gasteiger partial charge in [-0.3, -0.25) is 0 Å². The molecular formula is C14H26N6O. The highest BCUT2D eigenvalue weighted by Crippen LogP contribution is 2.21. The fraction of sp³-hybridized carbons (Fsp3) is 0.786. The van der Waals surface area contributed by atoms with Crippen LogP contribution in [-0.2, 0) is 0 Å². The predicted molar refractivity (Wildman–Crippen MR) is 84.3 cm³/mol. The third-order valence-electron chi connectivity index (χ3n) is 3.37. The molecule has 1 aliphatic rings. The minimum Gasteiger partial charge on any atom is -0.391 e. The Morgan fingerprint density at radius 1 is 1.24 bits per heavy atom. The van der Waals surface area contributed by atoms with Gasteiger partial charge in [0.2, 0.25) is 17.8 Å². The van der Waals surface area contributed by atoms with Gasteiger partial charge in [-0.1, -0.05) is 20.8 Å². The van der Waals surface area contributed by atoms with E-state index in [0.29, 0.717) is 24.9 Å². The molecule has 2 heterocycles. The second-order valence-corrected chi connectivity index (χ2v) is 6.81. The first-order valence-electron chi connectivity index (χ1n) is 7.52. The Labute approximate surface area is 126 Å². The standard InChI is InChI=1S/C14H26N6O/c1-14(2,3)8-10(21)9-16-12-17-11(15)18-13(19-12)20-6-4-5-7-20/h10,21H,4-9H2,1-3H3,(H3,15,16,17,18,19). The van der Waals surface area contributed by atoms with Crippen molar-refractivity contribution >= 4 is 17.8 Å². The number of anilines is 3. The van der Waals surface area contributed by atoms with E-state index in [-0.39, 0.29) is 11.4 Å². The number of nitrogens with one attached hydrogen (secondary N) is 1. The lowest BCUT2D eigenvalue weighted by Crippen LogP contribution is -2.27. The first-order valence-corrected chi connectivity index (χ1v) is 7.52. The van der Waals surface area contributed by atoms with Gasteiger partial charge in [0, 0.05) is 19.6 Å². The van der Waals surface area contributed by atoms with Gasteiger partial charge in [0.15, 0.2) is 0 Å². The van der Waals surface area contributed by atoms with Gasteiger partial charge in [0.25, 0.3) is 0 Å². The zero-order valence-corrected chi connectivity index (χ0v) is 13.1. The summed E-state index contributed by atoms with van der Waals surface area (Å²) in [5, 5.41) is 13.1. The van der Waals surface area contributed by atoms with Crippen LogP contribution in [0.5, 0.6) is 0 Å². The van der Waals surface area contributed by atoms with Gasteiger partial charge in [-0.15, -0.1) is 0 Å². The lowest BCUT2D eigenvalue weighted by atomic mass is 9.89. The van der Waals surface area contributed by atoms with E-state index in [2.05, 4.69) is 45.9 Å². The van der Waals surface area contributed by atoms with E-state index < -0.39 is 6.10 Å². The summed E-state index contributed by atoms with van der Waals surface area (Å²) in [5.74, 6) is 1.25. The van der Waals surface area contributed by atoms with Crippen LogP contribution in [0.4, 0.5) is 17.8 Å². The maximum atomic E-state index is 10.0. The largest absolute Gasteiger partial charge is 0.391 e. The molecule has 0 amide bonds. The SMILES string of the molecule is CC(C)(C)CC(O)CNc1nc(N)nc(N2CCCC2)n1. The van der Waals surface area contributed by atoms with Gasteiger partial charge in [-0.2, -0.15) is 15.0 Å². The Morgan fingerprint density at radius 2 is 1.90 bits per heavy atom. The molecule has 7 nitrogen and oxygen atoms in total. The van der Waals surface area contributed by atoms with Crippen molar-refractivity contribution in [3.8, 4) is 0 Å². The maximum Gasteiger partial charge on any atom is 0.231 e. The summed E-state index contributed by atoms with van der Waals surface area (Å²) in [4.78, 5) is 14.8. The molecule has 1 aromatic rings. The summed E-state index contributed by atoms with van der Waals surface area (Å²) in [6.45, 7) is 8.61. The molecule has 21 heavy (non-hydrogen) atoms. The first-order chi connectivity index (χ1) is 9.83. The zero-order valence-electron chi connectivity index (χ0n) is 13.1. The fourth-order valence-corrected chi connectivity index (χ4v) is 2.51. The molecule has 0 bridgehead atoms. The van der Waals surface area contributed by atoms with Gasteiger partial charge < -0.3 is 21.1 Å². The normalized spacial score (nSPS) is 17.0. The zero-order chi connectivity index (χ0) is 15.5. The molecule has 2 rings (SSSR count). The molecule has 0 spiro atoms.